The minimum absolute atomic E-state index is 0.471. The molecule has 0 spiro atoms. The molecule has 112 valence electrons. The summed E-state index contributed by atoms with van der Waals surface area (Å²) in [5.41, 5.74) is 2.65. The van der Waals surface area contributed by atoms with Crippen LogP contribution in [0.25, 0.3) is 0 Å². The Labute approximate surface area is 122 Å². The normalized spacial score (nSPS) is 22.9. The Morgan fingerprint density at radius 2 is 1.80 bits per heavy atom. The number of ether oxygens (including phenoxy) is 2. The molecule has 1 aromatic carbocycles. The van der Waals surface area contributed by atoms with Gasteiger partial charge in [-0.2, -0.15) is 0 Å². The highest BCUT2D eigenvalue weighted by Crippen LogP contribution is 2.21. The Morgan fingerprint density at radius 3 is 2.45 bits per heavy atom. The summed E-state index contributed by atoms with van der Waals surface area (Å²) < 4.78 is 11.0. The van der Waals surface area contributed by atoms with Crippen molar-refractivity contribution in [3.8, 4) is 0 Å². The molecule has 1 fully saturated rings. The molecule has 0 unspecified atom stereocenters. The van der Waals surface area contributed by atoms with E-state index in [0.717, 1.165) is 13.2 Å². The Balaban J connectivity index is 1.81. The zero-order valence-corrected chi connectivity index (χ0v) is 12.7. The average molecular weight is 277 g/mol. The number of rotatable bonds is 7. The van der Waals surface area contributed by atoms with E-state index < -0.39 is 0 Å². The van der Waals surface area contributed by atoms with Crippen molar-refractivity contribution in [2.75, 3.05) is 13.7 Å². The fourth-order valence-electron chi connectivity index (χ4n) is 2.84. The summed E-state index contributed by atoms with van der Waals surface area (Å²) in [6, 6.07) is 9.17. The second-order valence-electron chi connectivity index (χ2n) is 5.50. The summed E-state index contributed by atoms with van der Waals surface area (Å²) in [5.74, 6) is 0. The second-order valence-corrected chi connectivity index (χ2v) is 5.50. The number of hydrogen-bond donors (Lipinski definition) is 1. The van der Waals surface area contributed by atoms with Crippen LogP contribution in [0.2, 0.25) is 0 Å². The minimum atomic E-state index is 0.471. The fourth-order valence-corrected chi connectivity index (χ4v) is 2.84. The highest BCUT2D eigenvalue weighted by molar-refractivity contribution is 5.26. The van der Waals surface area contributed by atoms with Crippen molar-refractivity contribution in [1.29, 1.82) is 0 Å². The van der Waals surface area contributed by atoms with Crippen LogP contribution in [0.1, 0.15) is 43.7 Å². The lowest BCUT2D eigenvalue weighted by molar-refractivity contribution is 0.0623. The maximum Gasteiger partial charge on any atom is 0.0719 e. The van der Waals surface area contributed by atoms with Crippen LogP contribution in [0.4, 0.5) is 0 Å². The number of benzene rings is 1. The van der Waals surface area contributed by atoms with Crippen LogP contribution in [0.3, 0.4) is 0 Å². The molecule has 1 saturated carbocycles. The largest absolute Gasteiger partial charge is 0.381 e. The first-order valence-electron chi connectivity index (χ1n) is 7.74. The van der Waals surface area contributed by atoms with Crippen molar-refractivity contribution in [3.05, 3.63) is 35.4 Å². The van der Waals surface area contributed by atoms with Gasteiger partial charge in [0.25, 0.3) is 0 Å². The van der Waals surface area contributed by atoms with Crippen LogP contribution < -0.4 is 5.32 Å². The molecule has 2 rings (SSSR count). The lowest BCUT2D eigenvalue weighted by atomic mass is 9.92. The van der Waals surface area contributed by atoms with Gasteiger partial charge in [0, 0.05) is 26.3 Å². The first-order chi connectivity index (χ1) is 9.83. The van der Waals surface area contributed by atoms with E-state index in [9.17, 15) is 0 Å². The Hall–Kier alpha value is -0.900. The molecular formula is C17H27NO2. The highest BCUT2D eigenvalue weighted by atomic mass is 16.5. The smallest absolute Gasteiger partial charge is 0.0719 e. The van der Waals surface area contributed by atoms with Gasteiger partial charge < -0.3 is 14.8 Å². The molecule has 1 aliphatic rings. The van der Waals surface area contributed by atoms with Gasteiger partial charge in [0.05, 0.1) is 12.7 Å². The van der Waals surface area contributed by atoms with Gasteiger partial charge in [-0.3, -0.25) is 0 Å². The van der Waals surface area contributed by atoms with Crippen molar-refractivity contribution >= 4 is 0 Å². The molecule has 3 heteroatoms. The molecule has 0 heterocycles. The Bertz CT molecular complexity index is 386. The predicted molar refractivity (Wildman–Crippen MR) is 81.7 cm³/mol. The quantitative estimate of drug-likeness (QED) is 0.829. The van der Waals surface area contributed by atoms with E-state index in [1.165, 1.54) is 36.8 Å². The second kappa shape index (κ2) is 8.40. The molecule has 20 heavy (non-hydrogen) atoms. The van der Waals surface area contributed by atoms with Gasteiger partial charge in [-0.15, -0.1) is 0 Å². The van der Waals surface area contributed by atoms with Crippen LogP contribution >= 0.6 is 0 Å². The van der Waals surface area contributed by atoms with Crippen molar-refractivity contribution < 1.29 is 9.47 Å². The summed E-state index contributed by atoms with van der Waals surface area (Å²) >= 11 is 0. The standard InChI is InChI=1S/C17H27NO2/c1-3-20-13-15-7-5-4-6-14(15)12-18-16-8-10-17(19-2)11-9-16/h4-7,16-18H,3,8-13H2,1-2H3. The van der Waals surface area contributed by atoms with Crippen LogP contribution in [0.5, 0.6) is 0 Å². The van der Waals surface area contributed by atoms with Gasteiger partial charge in [0.2, 0.25) is 0 Å². The third-order valence-corrected chi connectivity index (χ3v) is 4.17. The molecule has 0 radical (unpaired) electrons. The molecule has 0 aromatic heterocycles. The summed E-state index contributed by atoms with van der Waals surface area (Å²) in [4.78, 5) is 0. The number of hydrogen-bond acceptors (Lipinski definition) is 3. The minimum Gasteiger partial charge on any atom is -0.381 e. The van der Waals surface area contributed by atoms with E-state index in [-0.39, 0.29) is 0 Å². The highest BCUT2D eigenvalue weighted by Gasteiger charge is 2.20. The van der Waals surface area contributed by atoms with Crippen molar-refractivity contribution in [1.82, 2.24) is 5.32 Å². The Kier molecular flexibility index (Phi) is 6.51. The van der Waals surface area contributed by atoms with Crippen LogP contribution in [-0.4, -0.2) is 25.9 Å². The maximum absolute atomic E-state index is 5.54. The zero-order chi connectivity index (χ0) is 14.2. The first kappa shape index (κ1) is 15.5. The van der Waals surface area contributed by atoms with Gasteiger partial charge in [-0.05, 0) is 43.7 Å². The van der Waals surface area contributed by atoms with Crippen molar-refractivity contribution in [2.45, 2.75) is 57.9 Å². The molecule has 1 aromatic rings. The van der Waals surface area contributed by atoms with E-state index in [1.54, 1.807) is 0 Å². The van der Waals surface area contributed by atoms with Crippen LogP contribution in [-0.2, 0) is 22.6 Å². The van der Waals surface area contributed by atoms with Crippen molar-refractivity contribution in [3.63, 3.8) is 0 Å². The van der Waals surface area contributed by atoms with Gasteiger partial charge in [0.15, 0.2) is 0 Å². The van der Waals surface area contributed by atoms with E-state index in [0.29, 0.717) is 18.8 Å². The van der Waals surface area contributed by atoms with E-state index in [4.69, 9.17) is 9.47 Å². The van der Waals surface area contributed by atoms with Gasteiger partial charge in [-0.25, -0.2) is 0 Å². The third-order valence-electron chi connectivity index (χ3n) is 4.17. The topological polar surface area (TPSA) is 30.5 Å². The maximum atomic E-state index is 5.54. The van der Waals surface area contributed by atoms with E-state index >= 15 is 0 Å². The molecule has 0 saturated heterocycles. The molecule has 0 bridgehead atoms. The molecule has 0 atom stereocenters. The van der Waals surface area contributed by atoms with E-state index in [1.807, 2.05) is 14.0 Å². The summed E-state index contributed by atoms with van der Waals surface area (Å²) in [7, 11) is 1.82. The summed E-state index contributed by atoms with van der Waals surface area (Å²) in [6.45, 7) is 4.45. The van der Waals surface area contributed by atoms with Crippen molar-refractivity contribution in [2.24, 2.45) is 0 Å². The molecule has 0 amide bonds. The average Bonchev–Trinajstić information content (AvgIpc) is 2.52. The zero-order valence-electron chi connectivity index (χ0n) is 12.7. The SMILES string of the molecule is CCOCc1ccccc1CNC1CCC(OC)CC1. The van der Waals surface area contributed by atoms with Gasteiger partial charge in [0.1, 0.15) is 0 Å². The monoisotopic (exact) mass is 277 g/mol. The molecule has 1 N–H and O–H groups in total. The third kappa shape index (κ3) is 4.58. The molecule has 1 aliphatic carbocycles. The van der Waals surface area contributed by atoms with Gasteiger partial charge >= 0.3 is 0 Å². The summed E-state index contributed by atoms with van der Waals surface area (Å²) in [5, 5.41) is 3.69. The van der Waals surface area contributed by atoms with Crippen LogP contribution in [0.15, 0.2) is 24.3 Å². The number of nitrogens with one attached hydrogen (secondary N) is 1. The van der Waals surface area contributed by atoms with E-state index in [2.05, 4.69) is 29.6 Å². The number of methoxy groups -OCH3 is 1. The lowest BCUT2D eigenvalue weighted by Gasteiger charge is -2.28. The van der Waals surface area contributed by atoms with Crippen LogP contribution in [0, 0.1) is 0 Å². The summed E-state index contributed by atoms with van der Waals surface area (Å²) in [6.07, 6.45) is 5.25. The lowest BCUT2D eigenvalue weighted by Crippen LogP contribution is -2.34. The predicted octanol–water partition coefficient (Wildman–Crippen LogP) is 3.27. The van der Waals surface area contributed by atoms with Gasteiger partial charge in [-0.1, -0.05) is 24.3 Å². The molecule has 3 nitrogen and oxygen atoms in total. The molecular weight excluding hydrogens is 250 g/mol. The Morgan fingerprint density at radius 1 is 1.10 bits per heavy atom. The first-order valence-corrected chi connectivity index (χ1v) is 7.74. The fraction of sp³-hybridized carbons (Fsp3) is 0.647. The molecule has 0 aliphatic heterocycles.